The van der Waals surface area contributed by atoms with E-state index in [4.69, 9.17) is 20.6 Å². The molecule has 2 aliphatic heterocycles. The summed E-state index contributed by atoms with van der Waals surface area (Å²) in [6.45, 7) is 6.04. The quantitative estimate of drug-likeness (QED) is 0.543. The van der Waals surface area contributed by atoms with Gasteiger partial charge in [0.15, 0.2) is 21.3 Å². The Hall–Kier alpha value is -2.76. The highest BCUT2D eigenvalue weighted by Gasteiger charge is 2.26. The predicted molar refractivity (Wildman–Crippen MR) is 133 cm³/mol. The summed E-state index contributed by atoms with van der Waals surface area (Å²) in [5.74, 6) is 0.813. The van der Waals surface area contributed by atoms with E-state index in [0.717, 1.165) is 35.9 Å². The molecule has 0 amide bonds. The van der Waals surface area contributed by atoms with Crippen molar-refractivity contribution in [1.82, 2.24) is 19.5 Å². The number of halogens is 1. The van der Waals surface area contributed by atoms with E-state index in [1.807, 2.05) is 19.1 Å². The van der Waals surface area contributed by atoms with Crippen LogP contribution in [0.25, 0.3) is 5.65 Å². The van der Waals surface area contributed by atoms with Gasteiger partial charge >= 0.3 is 0 Å². The maximum atomic E-state index is 14.6. The third kappa shape index (κ3) is 4.98. The summed E-state index contributed by atoms with van der Waals surface area (Å²) >= 11 is 0. The molecule has 2 fully saturated rings. The van der Waals surface area contributed by atoms with Crippen LogP contribution in [0.15, 0.2) is 24.3 Å². The van der Waals surface area contributed by atoms with E-state index < -0.39 is 9.84 Å². The Balaban J connectivity index is 1.58. The molecule has 0 unspecified atom stereocenters. The number of morpholine rings is 1. The number of imidazole rings is 1. The van der Waals surface area contributed by atoms with Crippen molar-refractivity contribution < 1.29 is 17.5 Å². The number of nitrogen functional groups attached to an aromatic ring is 1. The second kappa shape index (κ2) is 9.71. The Morgan fingerprint density at radius 2 is 1.89 bits per heavy atom. The first kappa shape index (κ1) is 24.0. The number of hydrogen-bond acceptors (Lipinski definition) is 8. The van der Waals surface area contributed by atoms with Gasteiger partial charge in [-0.2, -0.15) is 0 Å². The summed E-state index contributed by atoms with van der Waals surface area (Å²) in [4.78, 5) is 9.08. The number of nitrogens with two attached hydrogens (primary N) is 1. The van der Waals surface area contributed by atoms with Crippen molar-refractivity contribution in [1.29, 1.82) is 0 Å². The number of fused-ring (bicyclic) bond motifs is 1. The molecule has 2 aliphatic rings. The fourth-order valence-corrected chi connectivity index (χ4v) is 6.11. The smallest absolute Gasteiger partial charge is 0.177 e. The molecule has 4 heterocycles. The van der Waals surface area contributed by atoms with Crippen LogP contribution in [0.3, 0.4) is 0 Å². The molecule has 0 spiro atoms. The molecule has 0 bridgehead atoms. The Morgan fingerprint density at radius 1 is 1.14 bits per heavy atom. The first-order valence-corrected chi connectivity index (χ1v) is 13.9. The normalized spacial score (nSPS) is 18.9. The molecule has 0 radical (unpaired) electrons. The van der Waals surface area contributed by atoms with Crippen molar-refractivity contribution in [3.05, 3.63) is 52.6 Å². The van der Waals surface area contributed by atoms with E-state index in [2.05, 4.69) is 9.80 Å². The molecular weight excluding hydrogens is 471 g/mol. The highest BCUT2D eigenvalue weighted by molar-refractivity contribution is 7.91. The minimum absolute atomic E-state index is 0.140. The van der Waals surface area contributed by atoms with Gasteiger partial charge in [-0.3, -0.25) is 4.90 Å². The minimum atomic E-state index is -2.99. The first-order valence-electron chi connectivity index (χ1n) is 12.0. The SMILES string of the molecule is CCc1c(F)cccc1Cc1c(CN2CCS(=O)(=O)CC2)nc2c(N)cc(N3CCOCC3)nn12. The molecular formula is C24H31FN6O3S. The van der Waals surface area contributed by atoms with Gasteiger partial charge in [-0.05, 0) is 23.6 Å². The van der Waals surface area contributed by atoms with Crippen molar-refractivity contribution in [2.45, 2.75) is 26.3 Å². The summed E-state index contributed by atoms with van der Waals surface area (Å²) in [6.07, 6.45) is 1.02. The number of nitrogens with zero attached hydrogens (tertiary/aromatic N) is 5. The Morgan fingerprint density at radius 3 is 2.60 bits per heavy atom. The molecule has 2 saturated heterocycles. The molecule has 5 rings (SSSR count). The molecule has 11 heteroatoms. The number of anilines is 2. The lowest BCUT2D eigenvalue weighted by Crippen LogP contribution is -2.39. The van der Waals surface area contributed by atoms with Crippen LogP contribution in [-0.4, -0.2) is 78.8 Å². The summed E-state index contributed by atoms with van der Waals surface area (Å²) < 4.78 is 45.7. The average Bonchev–Trinajstić information content (AvgIpc) is 3.18. The third-order valence-electron chi connectivity index (χ3n) is 6.85. The van der Waals surface area contributed by atoms with Crippen LogP contribution in [0, 0.1) is 5.82 Å². The van der Waals surface area contributed by atoms with Gasteiger partial charge in [0.2, 0.25) is 0 Å². The standard InChI is InChI=1S/C24H31FN6O3S/c1-2-18-17(4-3-5-19(18)25)14-22-21(16-29-8-12-35(32,33)13-9-29)27-24-20(26)15-23(28-31(22)24)30-6-10-34-11-7-30/h3-5,15H,2,6-14,16,26H2,1H3. The van der Waals surface area contributed by atoms with E-state index in [0.29, 0.717) is 62.6 Å². The zero-order chi connectivity index (χ0) is 24.6. The first-order chi connectivity index (χ1) is 16.8. The molecule has 9 nitrogen and oxygen atoms in total. The topological polar surface area (TPSA) is 106 Å². The average molecular weight is 503 g/mol. The maximum Gasteiger partial charge on any atom is 0.177 e. The predicted octanol–water partition coefficient (Wildman–Crippen LogP) is 1.67. The van der Waals surface area contributed by atoms with Gasteiger partial charge in [0.05, 0.1) is 41.8 Å². The Labute approximate surface area is 204 Å². The number of hydrogen-bond donors (Lipinski definition) is 1. The molecule has 0 atom stereocenters. The van der Waals surface area contributed by atoms with Gasteiger partial charge < -0.3 is 15.4 Å². The van der Waals surface area contributed by atoms with Crippen molar-refractivity contribution in [3.63, 3.8) is 0 Å². The van der Waals surface area contributed by atoms with E-state index in [-0.39, 0.29) is 17.3 Å². The van der Waals surface area contributed by atoms with Crippen LogP contribution in [-0.2, 0) is 34.0 Å². The molecule has 3 aromatic rings. The number of sulfone groups is 1. The van der Waals surface area contributed by atoms with Gasteiger partial charge in [0, 0.05) is 45.2 Å². The second-order valence-electron chi connectivity index (χ2n) is 9.13. The van der Waals surface area contributed by atoms with Crippen molar-refractivity contribution in [3.8, 4) is 0 Å². The largest absolute Gasteiger partial charge is 0.396 e. The number of rotatable bonds is 6. The van der Waals surface area contributed by atoms with Crippen molar-refractivity contribution in [2.24, 2.45) is 0 Å². The van der Waals surface area contributed by atoms with Crippen molar-refractivity contribution in [2.75, 3.05) is 61.5 Å². The lowest BCUT2D eigenvalue weighted by atomic mass is 9.99. The number of ether oxygens (including phenoxy) is 1. The van der Waals surface area contributed by atoms with E-state index in [1.165, 1.54) is 6.07 Å². The summed E-state index contributed by atoms with van der Waals surface area (Å²) in [6, 6.07) is 6.99. The Bertz CT molecular complexity index is 1320. The highest BCUT2D eigenvalue weighted by Crippen LogP contribution is 2.27. The van der Waals surface area contributed by atoms with E-state index >= 15 is 0 Å². The highest BCUT2D eigenvalue weighted by atomic mass is 32.2. The zero-order valence-corrected chi connectivity index (χ0v) is 20.7. The van der Waals surface area contributed by atoms with E-state index in [9.17, 15) is 12.8 Å². The van der Waals surface area contributed by atoms with Crippen LogP contribution in [0.5, 0.6) is 0 Å². The van der Waals surface area contributed by atoms with Gasteiger partial charge in [-0.25, -0.2) is 22.3 Å². The molecule has 0 aliphatic carbocycles. The molecule has 188 valence electrons. The molecule has 1 aromatic carbocycles. The molecule has 0 saturated carbocycles. The van der Waals surface area contributed by atoms with Crippen molar-refractivity contribution >= 4 is 27.0 Å². The molecule has 2 aromatic heterocycles. The summed E-state index contributed by atoms with van der Waals surface area (Å²) in [7, 11) is -2.99. The Kier molecular flexibility index (Phi) is 6.65. The third-order valence-corrected chi connectivity index (χ3v) is 8.46. The molecule has 35 heavy (non-hydrogen) atoms. The van der Waals surface area contributed by atoms with Crippen LogP contribution >= 0.6 is 0 Å². The fraction of sp³-hybridized carbons (Fsp3) is 0.500. The lowest BCUT2D eigenvalue weighted by Gasteiger charge is -2.28. The van der Waals surface area contributed by atoms with Gasteiger partial charge in [0.25, 0.3) is 0 Å². The minimum Gasteiger partial charge on any atom is -0.396 e. The van der Waals surface area contributed by atoms with Gasteiger partial charge in [-0.1, -0.05) is 19.1 Å². The van der Waals surface area contributed by atoms with Crippen LogP contribution in [0.2, 0.25) is 0 Å². The van der Waals surface area contributed by atoms with Crippen LogP contribution in [0.1, 0.15) is 29.4 Å². The summed E-state index contributed by atoms with van der Waals surface area (Å²) in [5, 5.41) is 4.91. The van der Waals surface area contributed by atoms with E-state index in [1.54, 1.807) is 10.6 Å². The monoisotopic (exact) mass is 502 g/mol. The second-order valence-corrected chi connectivity index (χ2v) is 11.4. The summed E-state index contributed by atoms with van der Waals surface area (Å²) in [5.41, 5.74) is 10.7. The lowest BCUT2D eigenvalue weighted by molar-refractivity contribution is 0.122. The maximum absolute atomic E-state index is 14.6. The zero-order valence-electron chi connectivity index (χ0n) is 19.9. The number of aromatic nitrogens is 3. The number of benzene rings is 1. The van der Waals surface area contributed by atoms with Gasteiger partial charge in [0.1, 0.15) is 5.82 Å². The molecule has 2 N–H and O–H groups in total. The fourth-order valence-electron chi connectivity index (χ4n) is 4.84. The van der Waals surface area contributed by atoms with Crippen LogP contribution in [0.4, 0.5) is 15.9 Å². The van der Waals surface area contributed by atoms with Gasteiger partial charge in [-0.15, -0.1) is 5.10 Å². The van der Waals surface area contributed by atoms with Crippen LogP contribution < -0.4 is 10.6 Å².